The Labute approximate surface area is 190 Å². The molecule has 0 radical (unpaired) electrons. The topological polar surface area (TPSA) is 111 Å². The molecule has 2 aliphatic rings. The van der Waals surface area contributed by atoms with Crippen LogP contribution in [0.4, 0.5) is 4.39 Å². The number of rotatable bonds is 6. The highest BCUT2D eigenvalue weighted by Crippen LogP contribution is 2.31. The van der Waals surface area contributed by atoms with E-state index in [1.165, 1.54) is 23.9 Å². The predicted octanol–water partition coefficient (Wildman–Crippen LogP) is 0.944. The van der Waals surface area contributed by atoms with Gasteiger partial charge in [-0.15, -0.1) is 23.4 Å². The van der Waals surface area contributed by atoms with Crippen LogP contribution < -0.4 is 10.6 Å². The molecule has 174 valence electrons. The van der Waals surface area contributed by atoms with E-state index >= 15 is 0 Å². The molecule has 0 aromatic heterocycles. The van der Waals surface area contributed by atoms with Crippen molar-refractivity contribution in [3.8, 4) is 0 Å². The number of alkyl halides is 1. The number of benzene rings is 1. The van der Waals surface area contributed by atoms with Crippen molar-refractivity contribution in [1.29, 1.82) is 0 Å². The normalized spacial score (nSPS) is 35.9. The Morgan fingerprint density at radius 1 is 1.26 bits per heavy atom. The van der Waals surface area contributed by atoms with Crippen LogP contribution in [0.2, 0.25) is 0 Å². The van der Waals surface area contributed by atoms with Gasteiger partial charge in [0.25, 0.3) is 0 Å². The first kappa shape index (κ1) is 24.7. The van der Waals surface area contributed by atoms with Crippen molar-refractivity contribution in [2.24, 2.45) is 0 Å². The predicted molar refractivity (Wildman–Crippen MR) is 118 cm³/mol. The third-order valence-corrected chi connectivity index (χ3v) is 7.18. The molecule has 10 heteroatoms. The first-order chi connectivity index (χ1) is 14.7. The molecule has 1 unspecified atom stereocenters. The lowest BCUT2D eigenvalue weighted by atomic mass is 9.86. The number of aliphatic hydroxyl groups excluding tert-OH is 3. The number of carbonyl (C=O) groups excluding carboxylic acids is 1. The summed E-state index contributed by atoms with van der Waals surface area (Å²) in [5.74, 6) is -0.479. The number of hydrogen-bond acceptors (Lipinski definition) is 7. The van der Waals surface area contributed by atoms with Gasteiger partial charge in [0.15, 0.2) is 0 Å². The number of thioether (sulfide) groups is 1. The summed E-state index contributed by atoms with van der Waals surface area (Å²) in [6.07, 6.45) is -1.98. The maximum absolute atomic E-state index is 13.2. The Bertz CT molecular complexity index is 741. The Balaban J connectivity index is 1.69. The van der Waals surface area contributed by atoms with Gasteiger partial charge in [0.2, 0.25) is 5.91 Å². The van der Waals surface area contributed by atoms with Crippen LogP contribution >= 0.6 is 23.4 Å². The number of carbonyl (C=O) groups is 1. The minimum Gasteiger partial charge on any atom is -0.388 e. The summed E-state index contributed by atoms with van der Waals surface area (Å²) in [4.78, 5) is 13.0. The maximum atomic E-state index is 13.2. The summed E-state index contributed by atoms with van der Waals surface area (Å²) < 4.78 is 19.0. The second-order valence-corrected chi connectivity index (χ2v) is 9.79. The highest BCUT2D eigenvalue weighted by molar-refractivity contribution is 7.99. The van der Waals surface area contributed by atoms with Crippen LogP contribution in [0, 0.1) is 5.82 Å². The molecule has 2 fully saturated rings. The van der Waals surface area contributed by atoms with Gasteiger partial charge in [-0.2, -0.15) is 0 Å². The van der Waals surface area contributed by atoms with E-state index in [-0.39, 0.29) is 17.6 Å². The van der Waals surface area contributed by atoms with Crippen LogP contribution in [0.5, 0.6) is 0 Å². The Morgan fingerprint density at radius 2 is 1.94 bits per heavy atom. The number of nitrogens with one attached hydrogen (secondary N) is 2. The standard InChI is InChI=1S/C21H30ClFN2O5S/c1-10(22)15(19-17(27)16(26)18(28)21(30-19)31-2)25-20(29)14-9-12(7-8-24-14)11-3-5-13(23)6-4-11/h3-6,10,12,14-19,21,24,26-28H,7-9H2,1-2H3,(H,25,29)/t10-,12+,14-,15?,16-,17+,18+,19+,21+/m0/s1. The Hall–Kier alpha value is -0.940. The van der Waals surface area contributed by atoms with Gasteiger partial charge in [0.05, 0.1) is 17.5 Å². The lowest BCUT2D eigenvalue weighted by molar-refractivity contribution is -0.205. The molecule has 31 heavy (non-hydrogen) atoms. The van der Waals surface area contributed by atoms with Crippen molar-refractivity contribution in [1.82, 2.24) is 10.6 Å². The average molecular weight is 477 g/mol. The van der Waals surface area contributed by atoms with Crippen molar-refractivity contribution >= 4 is 29.3 Å². The summed E-state index contributed by atoms with van der Waals surface area (Å²) in [7, 11) is 0. The van der Waals surface area contributed by atoms with Crippen LogP contribution in [0.15, 0.2) is 24.3 Å². The number of aliphatic hydroxyl groups is 3. The molecule has 3 rings (SSSR count). The molecule has 5 N–H and O–H groups in total. The largest absolute Gasteiger partial charge is 0.388 e. The van der Waals surface area contributed by atoms with Crippen molar-refractivity contribution in [2.45, 2.75) is 73.0 Å². The SMILES string of the molecule is CS[C@H]1O[C@H](C(NC(=O)[C@@H]2C[C@H](c3ccc(F)cc3)CCN2)[C@H](C)Cl)[C@H](O)[C@H](O)[C@H]1O. The van der Waals surface area contributed by atoms with E-state index in [4.69, 9.17) is 16.3 Å². The van der Waals surface area contributed by atoms with Gasteiger partial charge < -0.3 is 30.7 Å². The number of amides is 1. The van der Waals surface area contributed by atoms with Crippen LogP contribution in [0.25, 0.3) is 0 Å². The zero-order chi connectivity index (χ0) is 22.7. The molecule has 0 spiro atoms. The maximum Gasteiger partial charge on any atom is 0.237 e. The molecule has 2 heterocycles. The molecule has 0 saturated carbocycles. The zero-order valence-electron chi connectivity index (χ0n) is 17.4. The third kappa shape index (κ3) is 5.71. The minimum absolute atomic E-state index is 0.110. The molecular weight excluding hydrogens is 447 g/mol. The number of halogens is 2. The molecule has 1 aromatic carbocycles. The number of piperidine rings is 1. The first-order valence-corrected chi connectivity index (χ1v) is 12.1. The van der Waals surface area contributed by atoms with Crippen molar-refractivity contribution in [3.63, 3.8) is 0 Å². The fraction of sp³-hybridized carbons (Fsp3) is 0.667. The lowest BCUT2D eigenvalue weighted by Crippen LogP contribution is -2.65. The summed E-state index contributed by atoms with van der Waals surface area (Å²) in [5.41, 5.74) is 0.225. The molecule has 0 aliphatic carbocycles. The van der Waals surface area contributed by atoms with Crippen molar-refractivity contribution in [2.75, 3.05) is 12.8 Å². The van der Waals surface area contributed by atoms with Crippen LogP contribution in [-0.4, -0.2) is 81.3 Å². The summed E-state index contributed by atoms with van der Waals surface area (Å²) in [6, 6.07) is 5.04. The van der Waals surface area contributed by atoms with Gasteiger partial charge in [0, 0.05) is 0 Å². The van der Waals surface area contributed by atoms with Gasteiger partial charge in [-0.3, -0.25) is 4.79 Å². The van der Waals surface area contributed by atoms with E-state index in [9.17, 15) is 24.5 Å². The van der Waals surface area contributed by atoms with Gasteiger partial charge in [-0.1, -0.05) is 12.1 Å². The second-order valence-electron chi connectivity index (χ2n) is 8.17. The van der Waals surface area contributed by atoms with Crippen molar-refractivity contribution in [3.05, 3.63) is 35.6 Å². The molecular formula is C21H30ClFN2O5S. The summed E-state index contributed by atoms with van der Waals surface area (Å²) >= 11 is 7.53. The molecule has 2 aliphatic heterocycles. The molecule has 7 nitrogen and oxygen atoms in total. The van der Waals surface area contributed by atoms with Gasteiger partial charge in [-0.25, -0.2) is 4.39 Å². The van der Waals surface area contributed by atoms with E-state index in [1.54, 1.807) is 25.3 Å². The summed E-state index contributed by atoms with van der Waals surface area (Å²) in [5, 5.41) is 36.2. The van der Waals surface area contributed by atoms with E-state index < -0.39 is 47.3 Å². The Kier molecular flexibility index (Phi) is 8.59. The van der Waals surface area contributed by atoms with Gasteiger partial charge in [0.1, 0.15) is 35.7 Å². The smallest absolute Gasteiger partial charge is 0.237 e. The van der Waals surface area contributed by atoms with E-state index in [0.29, 0.717) is 13.0 Å². The molecule has 9 atom stereocenters. The van der Waals surface area contributed by atoms with Crippen LogP contribution in [0.3, 0.4) is 0 Å². The first-order valence-electron chi connectivity index (χ1n) is 10.4. The van der Waals surface area contributed by atoms with E-state index in [1.807, 2.05) is 0 Å². The lowest BCUT2D eigenvalue weighted by Gasteiger charge is -2.44. The van der Waals surface area contributed by atoms with Crippen LogP contribution in [-0.2, 0) is 9.53 Å². The zero-order valence-corrected chi connectivity index (χ0v) is 19.0. The molecule has 1 amide bonds. The van der Waals surface area contributed by atoms with Crippen molar-refractivity contribution < 1.29 is 29.2 Å². The number of ether oxygens (including phenoxy) is 1. The van der Waals surface area contributed by atoms with Gasteiger partial charge in [-0.05, 0) is 56.2 Å². The molecule has 0 bridgehead atoms. The molecule has 2 saturated heterocycles. The minimum atomic E-state index is -1.42. The monoisotopic (exact) mass is 476 g/mol. The van der Waals surface area contributed by atoms with E-state index in [0.717, 1.165) is 12.0 Å². The van der Waals surface area contributed by atoms with Crippen LogP contribution in [0.1, 0.15) is 31.2 Å². The number of hydrogen-bond donors (Lipinski definition) is 5. The average Bonchev–Trinajstić information content (AvgIpc) is 2.77. The van der Waals surface area contributed by atoms with Gasteiger partial charge >= 0.3 is 0 Å². The highest BCUT2D eigenvalue weighted by atomic mass is 35.5. The summed E-state index contributed by atoms with van der Waals surface area (Å²) in [6.45, 7) is 2.30. The second kappa shape index (κ2) is 10.8. The molecule has 1 aromatic rings. The fourth-order valence-corrected chi connectivity index (χ4v) is 5.13. The quantitative estimate of drug-likeness (QED) is 0.389. The van der Waals surface area contributed by atoms with E-state index in [2.05, 4.69) is 10.6 Å². The Morgan fingerprint density at radius 3 is 2.55 bits per heavy atom. The third-order valence-electron chi connectivity index (χ3n) is 6.06. The highest BCUT2D eigenvalue weighted by Gasteiger charge is 2.48. The fourth-order valence-electron chi connectivity index (χ4n) is 4.24.